The summed E-state index contributed by atoms with van der Waals surface area (Å²) >= 11 is 0. The van der Waals surface area contributed by atoms with Crippen LogP contribution in [0.25, 0.3) is 11.5 Å². The van der Waals surface area contributed by atoms with Crippen LogP contribution in [0.15, 0.2) is 36.8 Å². The fourth-order valence-electron chi connectivity index (χ4n) is 2.00. The summed E-state index contributed by atoms with van der Waals surface area (Å²) in [5, 5.41) is 0. The van der Waals surface area contributed by atoms with Crippen LogP contribution < -0.4 is 0 Å². The molecule has 0 aliphatic carbocycles. The number of aryl methyl sites for hydroxylation is 1. The third-order valence-corrected chi connectivity index (χ3v) is 2.94. The predicted molar refractivity (Wildman–Crippen MR) is 75.9 cm³/mol. The molecule has 2 aromatic heterocycles. The normalized spacial score (nSPS) is 10.4. The minimum Gasteiger partial charge on any atom is -0.466 e. The van der Waals surface area contributed by atoms with Crippen LogP contribution in [0.5, 0.6) is 0 Å². The first-order valence-corrected chi connectivity index (χ1v) is 6.89. The lowest BCUT2D eigenvalue weighted by Crippen LogP contribution is -2.05. The molecule has 2 rings (SSSR count). The third-order valence-electron chi connectivity index (χ3n) is 2.94. The van der Waals surface area contributed by atoms with E-state index < -0.39 is 0 Å². The first-order chi connectivity index (χ1) is 9.81. The van der Waals surface area contributed by atoms with Gasteiger partial charge in [0.2, 0.25) is 0 Å². The summed E-state index contributed by atoms with van der Waals surface area (Å²) in [6, 6.07) is 5.77. The second-order valence-corrected chi connectivity index (χ2v) is 4.42. The van der Waals surface area contributed by atoms with Crippen LogP contribution in [0, 0.1) is 0 Å². The molecule has 0 aromatic carbocycles. The Morgan fingerprint density at radius 2 is 2.15 bits per heavy atom. The van der Waals surface area contributed by atoms with Gasteiger partial charge in [-0.2, -0.15) is 0 Å². The zero-order chi connectivity index (χ0) is 14.2. The molecule has 106 valence electrons. The van der Waals surface area contributed by atoms with Crippen molar-refractivity contribution in [3.05, 3.63) is 36.8 Å². The molecular formula is C15H19N3O2. The van der Waals surface area contributed by atoms with Gasteiger partial charge in [0.05, 0.1) is 6.61 Å². The van der Waals surface area contributed by atoms with Crippen LogP contribution in [0.1, 0.15) is 26.2 Å². The van der Waals surface area contributed by atoms with Gasteiger partial charge in [-0.3, -0.25) is 9.78 Å². The smallest absolute Gasteiger partial charge is 0.305 e. The first kappa shape index (κ1) is 14.2. The van der Waals surface area contributed by atoms with Gasteiger partial charge < -0.3 is 9.30 Å². The maximum Gasteiger partial charge on any atom is 0.305 e. The molecule has 2 heterocycles. The zero-order valence-electron chi connectivity index (χ0n) is 11.7. The molecule has 2 aromatic rings. The van der Waals surface area contributed by atoms with Crippen molar-refractivity contribution in [2.75, 3.05) is 6.61 Å². The number of hydrogen-bond donors (Lipinski definition) is 0. The number of pyridine rings is 1. The first-order valence-electron chi connectivity index (χ1n) is 6.89. The molecule has 0 amide bonds. The van der Waals surface area contributed by atoms with Crippen molar-refractivity contribution in [3.63, 3.8) is 0 Å². The number of ether oxygens (including phenoxy) is 1. The van der Waals surface area contributed by atoms with Gasteiger partial charge in [0.1, 0.15) is 5.69 Å². The van der Waals surface area contributed by atoms with E-state index in [1.165, 1.54) is 0 Å². The van der Waals surface area contributed by atoms with E-state index in [2.05, 4.69) is 14.5 Å². The molecule has 0 N–H and O–H groups in total. The van der Waals surface area contributed by atoms with Gasteiger partial charge >= 0.3 is 5.97 Å². The Kier molecular flexibility index (Phi) is 5.29. The maximum atomic E-state index is 11.2. The molecule has 0 unspecified atom stereocenters. The average Bonchev–Trinajstić information content (AvgIpc) is 2.93. The molecule has 0 spiro atoms. The molecule has 20 heavy (non-hydrogen) atoms. The van der Waals surface area contributed by atoms with E-state index in [9.17, 15) is 4.79 Å². The second kappa shape index (κ2) is 7.43. The summed E-state index contributed by atoms with van der Waals surface area (Å²) in [4.78, 5) is 19.9. The molecule has 0 saturated carbocycles. The molecule has 5 nitrogen and oxygen atoms in total. The van der Waals surface area contributed by atoms with Crippen molar-refractivity contribution in [1.29, 1.82) is 0 Å². The summed E-state index contributed by atoms with van der Waals surface area (Å²) in [5.41, 5.74) is 0.864. The lowest BCUT2D eigenvalue weighted by atomic mass is 10.2. The number of esters is 1. The summed E-state index contributed by atoms with van der Waals surface area (Å²) in [7, 11) is 0. The van der Waals surface area contributed by atoms with Crippen LogP contribution in [0.2, 0.25) is 0 Å². The molecule has 0 saturated heterocycles. The maximum absolute atomic E-state index is 11.2. The van der Waals surface area contributed by atoms with Crippen molar-refractivity contribution in [2.24, 2.45) is 0 Å². The van der Waals surface area contributed by atoms with Gasteiger partial charge in [0.25, 0.3) is 0 Å². The predicted octanol–water partition coefficient (Wildman–Crippen LogP) is 2.68. The molecule has 0 aliphatic rings. The summed E-state index contributed by atoms with van der Waals surface area (Å²) in [5.74, 6) is 0.741. The van der Waals surface area contributed by atoms with E-state index >= 15 is 0 Å². The molecule has 0 fully saturated rings. The standard InChI is InChI=1S/C15H19N3O2/c1-2-20-14(19)8-4-6-11-18-12-10-17-15(18)13-7-3-5-9-16-13/h3,5,7,9-10,12H,2,4,6,8,11H2,1H3. The van der Waals surface area contributed by atoms with Crippen LogP contribution in [0.3, 0.4) is 0 Å². The van der Waals surface area contributed by atoms with Crippen LogP contribution in [-0.4, -0.2) is 27.1 Å². The van der Waals surface area contributed by atoms with E-state index in [4.69, 9.17) is 4.74 Å². The topological polar surface area (TPSA) is 57.0 Å². The van der Waals surface area contributed by atoms with Gasteiger partial charge in [-0.05, 0) is 31.9 Å². The lowest BCUT2D eigenvalue weighted by Gasteiger charge is -2.07. The average molecular weight is 273 g/mol. The Hall–Kier alpha value is -2.17. The number of aromatic nitrogens is 3. The van der Waals surface area contributed by atoms with Crippen molar-refractivity contribution >= 4 is 5.97 Å². The van der Waals surface area contributed by atoms with Crippen LogP contribution in [-0.2, 0) is 16.1 Å². The van der Waals surface area contributed by atoms with E-state index in [0.29, 0.717) is 13.0 Å². The minimum atomic E-state index is -0.122. The molecule has 0 bridgehead atoms. The van der Waals surface area contributed by atoms with Crippen molar-refractivity contribution < 1.29 is 9.53 Å². The number of hydrogen-bond acceptors (Lipinski definition) is 4. The Bertz CT molecular complexity index is 537. The van der Waals surface area contributed by atoms with E-state index in [1.807, 2.05) is 31.3 Å². The third kappa shape index (κ3) is 3.91. The quantitative estimate of drug-likeness (QED) is 0.575. The highest BCUT2D eigenvalue weighted by Crippen LogP contribution is 2.15. The fourth-order valence-corrected chi connectivity index (χ4v) is 2.00. The van der Waals surface area contributed by atoms with Crippen LogP contribution >= 0.6 is 0 Å². The Labute approximate surface area is 118 Å². The minimum absolute atomic E-state index is 0.122. The molecule has 0 atom stereocenters. The van der Waals surface area contributed by atoms with Crippen molar-refractivity contribution in [1.82, 2.24) is 14.5 Å². The van der Waals surface area contributed by atoms with Gasteiger partial charge in [-0.25, -0.2) is 4.98 Å². The van der Waals surface area contributed by atoms with E-state index in [1.54, 1.807) is 12.4 Å². The number of carbonyl (C=O) groups is 1. The van der Waals surface area contributed by atoms with Gasteiger partial charge in [-0.15, -0.1) is 0 Å². The molecule has 0 radical (unpaired) electrons. The van der Waals surface area contributed by atoms with Gasteiger partial charge in [-0.1, -0.05) is 6.07 Å². The Morgan fingerprint density at radius 1 is 1.25 bits per heavy atom. The van der Waals surface area contributed by atoms with E-state index in [0.717, 1.165) is 30.9 Å². The van der Waals surface area contributed by atoms with Crippen molar-refractivity contribution in [2.45, 2.75) is 32.7 Å². The Morgan fingerprint density at radius 3 is 2.90 bits per heavy atom. The molecular weight excluding hydrogens is 254 g/mol. The van der Waals surface area contributed by atoms with Crippen molar-refractivity contribution in [3.8, 4) is 11.5 Å². The Balaban J connectivity index is 1.86. The monoisotopic (exact) mass is 273 g/mol. The second-order valence-electron chi connectivity index (χ2n) is 4.42. The van der Waals surface area contributed by atoms with Gasteiger partial charge in [0.15, 0.2) is 5.82 Å². The molecule has 5 heteroatoms. The largest absolute Gasteiger partial charge is 0.466 e. The zero-order valence-corrected chi connectivity index (χ0v) is 11.7. The number of unbranched alkanes of at least 4 members (excludes halogenated alkanes) is 1. The summed E-state index contributed by atoms with van der Waals surface area (Å²) in [6.45, 7) is 3.10. The SMILES string of the molecule is CCOC(=O)CCCCn1ccnc1-c1ccccn1. The summed E-state index contributed by atoms with van der Waals surface area (Å²) < 4.78 is 6.97. The van der Waals surface area contributed by atoms with E-state index in [-0.39, 0.29) is 5.97 Å². The lowest BCUT2D eigenvalue weighted by molar-refractivity contribution is -0.143. The number of imidazole rings is 1. The number of rotatable bonds is 7. The summed E-state index contributed by atoms with van der Waals surface area (Å²) in [6.07, 6.45) is 7.67. The highest BCUT2D eigenvalue weighted by Gasteiger charge is 2.07. The number of carbonyl (C=O) groups excluding carboxylic acids is 1. The highest BCUT2D eigenvalue weighted by molar-refractivity contribution is 5.69. The molecule has 0 aliphatic heterocycles. The fraction of sp³-hybridized carbons (Fsp3) is 0.400. The highest BCUT2D eigenvalue weighted by atomic mass is 16.5. The van der Waals surface area contributed by atoms with Gasteiger partial charge in [0, 0.05) is 31.6 Å². The van der Waals surface area contributed by atoms with Crippen LogP contribution in [0.4, 0.5) is 0 Å². The number of nitrogens with zero attached hydrogens (tertiary/aromatic N) is 3.